The van der Waals surface area contributed by atoms with Gasteiger partial charge in [-0.05, 0) is 0 Å². The number of aliphatic hydroxyl groups is 1. The molecule has 0 spiro atoms. The number of azo groups is 1. The van der Waals surface area contributed by atoms with E-state index in [0.717, 1.165) is 28.3 Å². The predicted octanol–water partition coefficient (Wildman–Crippen LogP) is 5.91. The summed E-state index contributed by atoms with van der Waals surface area (Å²) in [7, 11) is 0. The first-order valence-corrected chi connectivity index (χ1v) is 11.8. The Kier molecular flexibility index (Phi) is 8.61. The number of aliphatic hydroxyl groups excluding tert-OH is 1. The quantitative estimate of drug-likeness (QED) is 0.415. The van der Waals surface area contributed by atoms with Crippen molar-refractivity contribution in [3.63, 3.8) is 0 Å². The van der Waals surface area contributed by atoms with Gasteiger partial charge in [-0.2, -0.15) is 0 Å². The summed E-state index contributed by atoms with van der Waals surface area (Å²) in [5, 5.41) is 20.9. The van der Waals surface area contributed by atoms with Crippen LogP contribution in [-0.4, -0.2) is 22.9 Å². The van der Waals surface area contributed by atoms with Gasteiger partial charge in [-0.15, -0.1) is 0 Å². The molecule has 0 radical (unpaired) electrons. The summed E-state index contributed by atoms with van der Waals surface area (Å²) in [5.41, 5.74) is 2.60. The molecule has 0 saturated heterocycles. The molecule has 0 aliphatic carbocycles. The molecule has 1 heterocycles. The molecule has 2 atom stereocenters. The van der Waals surface area contributed by atoms with Crippen LogP contribution in [0, 0.1) is 5.92 Å². The molecule has 0 amide bonds. The molecule has 2 aromatic rings. The van der Waals surface area contributed by atoms with Crippen molar-refractivity contribution in [1.29, 1.82) is 0 Å². The molecule has 31 heavy (non-hydrogen) atoms. The summed E-state index contributed by atoms with van der Waals surface area (Å²) in [4.78, 5) is 1.95. The van der Waals surface area contributed by atoms with E-state index in [4.69, 9.17) is 5.11 Å². The zero-order valence-corrected chi connectivity index (χ0v) is 19.9. The molecule has 4 nitrogen and oxygen atoms in total. The number of hydrogen-bond acceptors (Lipinski definition) is 5. The Morgan fingerprint density at radius 2 is 1.97 bits per heavy atom. The summed E-state index contributed by atoms with van der Waals surface area (Å²) in [6, 6.07) is 13.7. The van der Waals surface area contributed by atoms with Crippen molar-refractivity contribution in [2.24, 2.45) is 16.1 Å². The van der Waals surface area contributed by atoms with Crippen LogP contribution in [0.4, 0.5) is 4.39 Å². The summed E-state index contributed by atoms with van der Waals surface area (Å²) in [5.74, 6) is 1.33. The number of rotatable bonds is 10. The van der Waals surface area contributed by atoms with E-state index >= 15 is 0 Å². The van der Waals surface area contributed by atoms with E-state index in [9.17, 15) is 4.39 Å². The predicted molar refractivity (Wildman–Crippen MR) is 121 cm³/mol. The Labute approximate surface area is 195 Å². The summed E-state index contributed by atoms with van der Waals surface area (Å²) < 4.78 is 13.9. The van der Waals surface area contributed by atoms with E-state index in [1.165, 1.54) is 5.56 Å². The van der Waals surface area contributed by atoms with Crippen LogP contribution in [0.15, 0.2) is 74.4 Å². The van der Waals surface area contributed by atoms with E-state index in [2.05, 4.69) is 57.1 Å². The molecule has 3 rings (SSSR count). The third-order valence-electron chi connectivity index (χ3n) is 5.16. The van der Waals surface area contributed by atoms with Crippen LogP contribution in [-0.2, 0) is 15.6 Å². The molecule has 1 aliphatic heterocycles. The Bertz CT molecular complexity index is 993. The number of benzene rings is 2. The molecule has 2 unspecified atom stereocenters. The zero-order valence-electron chi connectivity index (χ0n) is 18.0. The molecule has 2 N–H and O–H groups in total. The van der Waals surface area contributed by atoms with E-state index in [-0.39, 0.29) is 18.6 Å². The van der Waals surface area contributed by atoms with Gasteiger partial charge in [-0.25, -0.2) is 0 Å². The summed E-state index contributed by atoms with van der Waals surface area (Å²) in [6.07, 6.45) is 2.79. The van der Waals surface area contributed by atoms with Gasteiger partial charge in [0.15, 0.2) is 0 Å². The summed E-state index contributed by atoms with van der Waals surface area (Å²) >= 11 is 5.11. The monoisotopic (exact) mass is 481 g/mol. The minimum absolute atomic E-state index is 0.173. The SMILES string of the molecule is CC(CO)CCNC1=CC(c2ccc(Sc3ccccc3C(C)C)c([C](F)=[Fe])c2)N=N1. The first-order chi connectivity index (χ1) is 14.9. The van der Waals surface area contributed by atoms with Crippen molar-refractivity contribution >= 4 is 16.4 Å². The number of hydrogen-bond donors (Lipinski definition) is 2. The molecular weight excluding hydrogens is 453 g/mol. The van der Waals surface area contributed by atoms with Gasteiger partial charge in [0.25, 0.3) is 0 Å². The van der Waals surface area contributed by atoms with Crippen LogP contribution in [0.3, 0.4) is 0 Å². The van der Waals surface area contributed by atoms with Crippen LogP contribution in [0.2, 0.25) is 0 Å². The molecule has 0 bridgehead atoms. The fourth-order valence-corrected chi connectivity index (χ4v) is 4.78. The van der Waals surface area contributed by atoms with Crippen LogP contribution in [0.1, 0.15) is 55.8 Å². The fourth-order valence-electron chi connectivity index (χ4n) is 3.27. The number of nitrogens with one attached hydrogen (secondary N) is 1. The van der Waals surface area contributed by atoms with Crippen molar-refractivity contribution in [3.8, 4) is 0 Å². The normalized spacial score (nSPS) is 16.5. The Morgan fingerprint density at radius 1 is 1.19 bits per heavy atom. The van der Waals surface area contributed by atoms with Gasteiger partial charge in [0.05, 0.1) is 0 Å². The number of nitrogens with zero attached hydrogens (tertiary/aromatic N) is 2. The average Bonchev–Trinajstić information content (AvgIpc) is 3.22. The fraction of sp³-hybridized carbons (Fsp3) is 0.375. The van der Waals surface area contributed by atoms with E-state index < -0.39 is 4.67 Å². The topological polar surface area (TPSA) is 57.0 Å². The van der Waals surface area contributed by atoms with Gasteiger partial charge in [0.1, 0.15) is 0 Å². The molecule has 0 fully saturated rings. The van der Waals surface area contributed by atoms with Crippen LogP contribution in [0.5, 0.6) is 0 Å². The maximum atomic E-state index is 14.4. The molecule has 166 valence electrons. The van der Waals surface area contributed by atoms with Crippen LogP contribution in [0.25, 0.3) is 0 Å². The third-order valence-corrected chi connectivity index (χ3v) is 6.63. The second-order valence-electron chi connectivity index (χ2n) is 8.02. The summed E-state index contributed by atoms with van der Waals surface area (Å²) in [6.45, 7) is 7.21. The van der Waals surface area contributed by atoms with Gasteiger partial charge in [0.2, 0.25) is 0 Å². The first-order valence-electron chi connectivity index (χ1n) is 10.4. The number of halogens is 1. The van der Waals surface area contributed by atoms with Crippen LogP contribution >= 0.6 is 11.8 Å². The molecule has 0 aromatic heterocycles. The van der Waals surface area contributed by atoms with Crippen molar-refractivity contribution in [2.45, 2.75) is 48.9 Å². The zero-order chi connectivity index (χ0) is 22.4. The van der Waals surface area contributed by atoms with Gasteiger partial charge >= 0.3 is 191 Å². The van der Waals surface area contributed by atoms with Crippen molar-refractivity contribution in [2.75, 3.05) is 13.2 Å². The molecular formula is C24H28FFeN3OS. The first kappa shape index (κ1) is 23.9. The Morgan fingerprint density at radius 3 is 2.68 bits per heavy atom. The Hall–Kier alpha value is -1.79. The molecule has 1 aliphatic rings. The van der Waals surface area contributed by atoms with Gasteiger partial charge in [-0.3, -0.25) is 0 Å². The Balaban J connectivity index is 1.77. The average molecular weight is 481 g/mol. The maximum absolute atomic E-state index is 14.4. The van der Waals surface area contributed by atoms with Crippen molar-refractivity contribution in [1.82, 2.24) is 5.32 Å². The standard InChI is InChI=1S/C24H28FN3OS.Fe/c1-16(2)20-6-4-5-7-23(20)30-22-9-8-18(12-19(22)14-25)21-13-24(28-27-21)26-11-10-17(3)15-29;/h4-9,12-13,16-17,21,26,29H,10-11,15H2,1-3H3;. The van der Waals surface area contributed by atoms with E-state index in [1.807, 2.05) is 43.3 Å². The van der Waals surface area contributed by atoms with Gasteiger partial charge < -0.3 is 5.11 Å². The molecule has 2 aromatic carbocycles. The molecule has 0 saturated carbocycles. The van der Waals surface area contributed by atoms with Gasteiger partial charge in [-0.1, -0.05) is 0 Å². The molecule has 7 heteroatoms. The van der Waals surface area contributed by atoms with E-state index in [0.29, 0.717) is 17.3 Å². The van der Waals surface area contributed by atoms with Crippen LogP contribution < -0.4 is 5.32 Å². The third kappa shape index (κ3) is 6.36. The van der Waals surface area contributed by atoms with E-state index in [1.54, 1.807) is 11.8 Å². The van der Waals surface area contributed by atoms with Crippen molar-refractivity contribution < 1.29 is 25.1 Å². The van der Waals surface area contributed by atoms with Crippen molar-refractivity contribution in [3.05, 3.63) is 71.1 Å². The second-order valence-corrected chi connectivity index (χ2v) is 9.58. The second kappa shape index (κ2) is 11.2. The van der Waals surface area contributed by atoms with Gasteiger partial charge in [0, 0.05) is 0 Å². The minimum atomic E-state index is -0.457.